The number of rotatable bonds is 10. The number of nitrogens with zero attached hydrogens (tertiary/aromatic N) is 3. The minimum atomic E-state index is -4.10. The molecule has 0 atom stereocenters. The molecular formula is C30H31ClN4O4S. The molecule has 0 aliphatic carbocycles. The Morgan fingerprint density at radius 3 is 2.45 bits per heavy atom. The lowest BCUT2D eigenvalue weighted by Gasteiger charge is -2.25. The highest BCUT2D eigenvalue weighted by molar-refractivity contribution is 7.92. The standard InChI is InChI=1S/C30H31ClN4O4S/c1-5-39-29-12-7-6-11-28(29)34(40(37,38)27-15-13-21(2)14-16-27)20-30(36)33-32-19-24-17-22(3)35(23(24)4)26-10-8-9-25(31)18-26/h6-19H,5,20H2,1-4H3,(H,33,36)/b32-19+. The quantitative estimate of drug-likeness (QED) is 0.190. The van der Waals surface area contributed by atoms with E-state index in [4.69, 9.17) is 16.3 Å². The van der Waals surface area contributed by atoms with E-state index in [1.165, 1.54) is 18.3 Å². The van der Waals surface area contributed by atoms with Crippen molar-refractivity contribution >= 4 is 39.4 Å². The zero-order chi connectivity index (χ0) is 28.9. The Kier molecular flexibility index (Phi) is 8.96. The van der Waals surface area contributed by atoms with Crippen molar-refractivity contribution in [2.75, 3.05) is 17.5 Å². The van der Waals surface area contributed by atoms with Crippen LogP contribution in [-0.4, -0.2) is 38.3 Å². The van der Waals surface area contributed by atoms with Crippen LogP contribution in [0.1, 0.15) is 29.4 Å². The Morgan fingerprint density at radius 1 is 1.02 bits per heavy atom. The van der Waals surface area contributed by atoms with Gasteiger partial charge in [0, 0.05) is 27.7 Å². The van der Waals surface area contributed by atoms with E-state index >= 15 is 0 Å². The molecular weight excluding hydrogens is 548 g/mol. The number of hydrogen-bond acceptors (Lipinski definition) is 5. The van der Waals surface area contributed by atoms with Gasteiger partial charge in [-0.25, -0.2) is 13.8 Å². The van der Waals surface area contributed by atoms with Gasteiger partial charge in [-0.1, -0.05) is 47.5 Å². The maximum atomic E-state index is 13.7. The van der Waals surface area contributed by atoms with Crippen molar-refractivity contribution < 1.29 is 17.9 Å². The lowest BCUT2D eigenvalue weighted by atomic mass is 10.2. The Bertz CT molecular complexity index is 1650. The molecule has 0 saturated carbocycles. The number of nitrogens with one attached hydrogen (secondary N) is 1. The molecule has 0 saturated heterocycles. The van der Waals surface area contributed by atoms with Crippen LogP contribution < -0.4 is 14.5 Å². The van der Waals surface area contributed by atoms with E-state index in [-0.39, 0.29) is 10.6 Å². The highest BCUT2D eigenvalue weighted by Crippen LogP contribution is 2.32. The zero-order valence-electron chi connectivity index (χ0n) is 22.8. The predicted molar refractivity (Wildman–Crippen MR) is 159 cm³/mol. The van der Waals surface area contributed by atoms with Crippen LogP contribution in [-0.2, 0) is 14.8 Å². The number of sulfonamides is 1. The smallest absolute Gasteiger partial charge is 0.264 e. The zero-order valence-corrected chi connectivity index (χ0v) is 24.3. The molecule has 0 fully saturated rings. The minimum absolute atomic E-state index is 0.0640. The Morgan fingerprint density at radius 2 is 1.75 bits per heavy atom. The first kappa shape index (κ1) is 28.9. The molecule has 1 aromatic heterocycles. The van der Waals surface area contributed by atoms with Gasteiger partial charge in [-0.15, -0.1) is 0 Å². The molecule has 0 aliphatic rings. The third-order valence-electron chi connectivity index (χ3n) is 6.26. The van der Waals surface area contributed by atoms with E-state index in [0.717, 1.165) is 32.5 Å². The summed E-state index contributed by atoms with van der Waals surface area (Å²) in [5.74, 6) is -0.257. The normalized spacial score (nSPS) is 11.5. The van der Waals surface area contributed by atoms with E-state index < -0.39 is 22.5 Å². The third-order valence-corrected chi connectivity index (χ3v) is 8.27. The van der Waals surface area contributed by atoms with Gasteiger partial charge in [0.05, 0.1) is 23.4 Å². The summed E-state index contributed by atoms with van der Waals surface area (Å²) in [5, 5.41) is 4.75. The summed E-state index contributed by atoms with van der Waals surface area (Å²) in [6.07, 6.45) is 1.54. The molecule has 0 spiro atoms. The number of halogens is 1. The Labute approximate surface area is 239 Å². The lowest BCUT2D eigenvalue weighted by Crippen LogP contribution is -2.39. The summed E-state index contributed by atoms with van der Waals surface area (Å²) in [6.45, 7) is 7.42. The second kappa shape index (κ2) is 12.4. The van der Waals surface area contributed by atoms with Crippen LogP contribution in [0.4, 0.5) is 5.69 Å². The van der Waals surface area contributed by atoms with Crippen LogP contribution in [0.2, 0.25) is 5.02 Å². The van der Waals surface area contributed by atoms with Crippen molar-refractivity contribution in [2.24, 2.45) is 5.10 Å². The van der Waals surface area contributed by atoms with E-state index in [1.54, 1.807) is 43.3 Å². The number of hydrogen-bond donors (Lipinski definition) is 1. The van der Waals surface area contributed by atoms with Gasteiger partial charge in [-0.05, 0) is 76.2 Å². The summed E-state index contributed by atoms with van der Waals surface area (Å²) >= 11 is 6.17. The number of anilines is 1. The molecule has 208 valence electrons. The average Bonchev–Trinajstić information content (AvgIpc) is 3.20. The van der Waals surface area contributed by atoms with Crippen molar-refractivity contribution in [1.82, 2.24) is 9.99 Å². The first-order chi connectivity index (χ1) is 19.1. The fourth-order valence-corrected chi connectivity index (χ4v) is 5.96. The number of aryl methyl sites for hydroxylation is 2. The second-order valence-corrected chi connectivity index (χ2v) is 11.5. The van der Waals surface area contributed by atoms with Crippen molar-refractivity contribution in [3.8, 4) is 11.4 Å². The largest absolute Gasteiger partial charge is 0.492 e. The summed E-state index contributed by atoms with van der Waals surface area (Å²) < 4.78 is 36.2. The van der Waals surface area contributed by atoms with Gasteiger partial charge in [0.25, 0.3) is 15.9 Å². The fraction of sp³-hybridized carbons (Fsp3) is 0.200. The summed E-state index contributed by atoms with van der Waals surface area (Å²) in [5.41, 5.74) is 7.24. The van der Waals surface area contributed by atoms with Crippen LogP contribution in [0.5, 0.6) is 5.75 Å². The van der Waals surface area contributed by atoms with Crippen LogP contribution in [0.15, 0.2) is 88.9 Å². The number of hydrazone groups is 1. The van der Waals surface area contributed by atoms with E-state index in [2.05, 4.69) is 10.5 Å². The molecule has 1 amide bonds. The number of carbonyl (C=O) groups is 1. The van der Waals surface area contributed by atoms with Crippen molar-refractivity contribution in [1.29, 1.82) is 0 Å². The number of amides is 1. The van der Waals surface area contributed by atoms with E-state index in [9.17, 15) is 13.2 Å². The first-order valence-electron chi connectivity index (χ1n) is 12.7. The monoisotopic (exact) mass is 578 g/mol. The highest BCUT2D eigenvalue weighted by atomic mass is 35.5. The molecule has 8 nitrogen and oxygen atoms in total. The van der Waals surface area contributed by atoms with Crippen molar-refractivity contribution in [3.63, 3.8) is 0 Å². The molecule has 0 aliphatic heterocycles. The second-order valence-electron chi connectivity index (χ2n) is 9.16. The number of para-hydroxylation sites is 2. The molecule has 4 rings (SSSR count). The molecule has 4 aromatic rings. The molecule has 3 aromatic carbocycles. The SMILES string of the molecule is CCOc1ccccc1N(CC(=O)N/N=C/c1cc(C)n(-c2cccc(Cl)c2)c1C)S(=O)(=O)c1ccc(C)cc1. The van der Waals surface area contributed by atoms with Gasteiger partial charge in [-0.3, -0.25) is 9.10 Å². The first-order valence-corrected chi connectivity index (χ1v) is 14.5. The van der Waals surface area contributed by atoms with Gasteiger partial charge in [0.2, 0.25) is 0 Å². The highest BCUT2D eigenvalue weighted by Gasteiger charge is 2.29. The molecule has 1 N–H and O–H groups in total. The summed E-state index contributed by atoms with van der Waals surface area (Å²) in [7, 11) is -4.10. The molecule has 0 radical (unpaired) electrons. The summed E-state index contributed by atoms with van der Waals surface area (Å²) in [6, 6.07) is 22.6. The van der Waals surface area contributed by atoms with Crippen molar-refractivity contribution in [2.45, 2.75) is 32.6 Å². The van der Waals surface area contributed by atoms with Crippen LogP contribution in [0.3, 0.4) is 0 Å². The molecule has 40 heavy (non-hydrogen) atoms. The average molecular weight is 579 g/mol. The third kappa shape index (κ3) is 6.38. The Hall–Kier alpha value is -4.08. The van der Waals surface area contributed by atoms with E-state index in [1.807, 2.05) is 55.7 Å². The van der Waals surface area contributed by atoms with Gasteiger partial charge < -0.3 is 9.30 Å². The van der Waals surface area contributed by atoms with Crippen LogP contribution in [0.25, 0.3) is 5.69 Å². The Balaban J connectivity index is 1.59. The van der Waals surface area contributed by atoms with Crippen LogP contribution in [0, 0.1) is 20.8 Å². The fourth-order valence-electron chi connectivity index (χ4n) is 4.35. The molecule has 1 heterocycles. The maximum absolute atomic E-state index is 13.7. The van der Waals surface area contributed by atoms with Crippen LogP contribution >= 0.6 is 11.6 Å². The minimum Gasteiger partial charge on any atom is -0.492 e. The van der Waals surface area contributed by atoms with Gasteiger partial charge in [0.15, 0.2) is 0 Å². The topological polar surface area (TPSA) is 93.0 Å². The number of aromatic nitrogens is 1. The molecule has 10 heteroatoms. The van der Waals surface area contributed by atoms with Gasteiger partial charge in [0.1, 0.15) is 12.3 Å². The molecule has 0 unspecified atom stereocenters. The van der Waals surface area contributed by atoms with Crippen molar-refractivity contribution in [3.05, 3.63) is 106 Å². The van der Waals surface area contributed by atoms with Gasteiger partial charge in [-0.2, -0.15) is 5.10 Å². The maximum Gasteiger partial charge on any atom is 0.264 e. The van der Waals surface area contributed by atoms with E-state index in [0.29, 0.717) is 17.4 Å². The number of benzene rings is 3. The lowest BCUT2D eigenvalue weighted by molar-refractivity contribution is -0.119. The molecule has 0 bridgehead atoms. The number of ether oxygens (including phenoxy) is 1. The summed E-state index contributed by atoms with van der Waals surface area (Å²) in [4.78, 5) is 13.1. The number of carbonyl (C=O) groups excluding carboxylic acids is 1. The van der Waals surface area contributed by atoms with Gasteiger partial charge >= 0.3 is 0 Å². The predicted octanol–water partition coefficient (Wildman–Crippen LogP) is 5.80.